The van der Waals surface area contributed by atoms with Gasteiger partial charge in [-0.15, -0.1) is 0 Å². The smallest absolute Gasteiger partial charge is 0.143 e. The summed E-state index contributed by atoms with van der Waals surface area (Å²) >= 11 is 0. The van der Waals surface area contributed by atoms with E-state index in [1.165, 1.54) is 0 Å². The molecule has 3 aromatic carbocycles. The third kappa shape index (κ3) is 6.70. The third-order valence-corrected chi connectivity index (χ3v) is 7.91. The first-order valence-electron chi connectivity index (χ1n) is 11.1. The van der Waals surface area contributed by atoms with Gasteiger partial charge in [0.15, 0.2) is 0 Å². The molecule has 0 saturated carbocycles. The van der Waals surface area contributed by atoms with Gasteiger partial charge in [0, 0.05) is 24.7 Å². The van der Waals surface area contributed by atoms with Gasteiger partial charge in [0.05, 0.1) is 14.2 Å². The molecule has 0 heterocycles. The number of benzene rings is 3. The number of methoxy groups -OCH3 is 2. The van der Waals surface area contributed by atoms with Gasteiger partial charge in [-0.1, -0.05) is 76.2 Å². The summed E-state index contributed by atoms with van der Waals surface area (Å²) in [5.74, 6) is 3.58. The second kappa shape index (κ2) is 13.6. The highest BCUT2D eigenvalue weighted by molar-refractivity contribution is 8.76. The Morgan fingerprint density at radius 2 is 1.15 bits per heavy atom. The molecule has 6 heteroatoms. The Morgan fingerprint density at radius 1 is 0.667 bits per heavy atom. The molecule has 0 fully saturated rings. The molecular weight excluding hydrogens is 452 g/mol. The van der Waals surface area contributed by atoms with Crippen LogP contribution in [0.15, 0.2) is 78.9 Å². The highest BCUT2D eigenvalue weighted by atomic mass is 33.1. The van der Waals surface area contributed by atoms with E-state index in [0.29, 0.717) is 6.61 Å². The van der Waals surface area contributed by atoms with Crippen LogP contribution in [0, 0.1) is 0 Å². The minimum atomic E-state index is -0.755. The first-order valence-corrected chi connectivity index (χ1v) is 13.6. The van der Waals surface area contributed by atoms with Gasteiger partial charge in [-0.05, 0) is 53.8 Å². The number of aliphatic hydroxyl groups is 1. The molecule has 0 saturated heterocycles. The fraction of sp³-hybridized carbons (Fsp3) is 0.333. The second-order valence-corrected chi connectivity index (χ2v) is 10.1. The number of hydrogen-bond donors (Lipinski definition) is 1. The van der Waals surface area contributed by atoms with Crippen molar-refractivity contribution in [3.8, 4) is 11.5 Å². The highest BCUT2D eigenvalue weighted by Gasteiger charge is 2.37. The predicted molar refractivity (Wildman–Crippen MR) is 139 cm³/mol. The lowest BCUT2D eigenvalue weighted by Gasteiger charge is -2.36. The molecule has 0 unspecified atom stereocenters. The fourth-order valence-corrected chi connectivity index (χ4v) is 5.79. The van der Waals surface area contributed by atoms with E-state index < -0.39 is 5.60 Å². The zero-order chi connectivity index (χ0) is 23.4. The van der Waals surface area contributed by atoms with E-state index in [2.05, 4.69) is 36.4 Å². The Hall–Kier alpha value is -2.12. The average Bonchev–Trinajstić information content (AvgIpc) is 2.89. The van der Waals surface area contributed by atoms with Crippen molar-refractivity contribution in [2.75, 3.05) is 38.9 Å². The van der Waals surface area contributed by atoms with Crippen molar-refractivity contribution in [2.45, 2.75) is 18.4 Å². The Kier molecular flexibility index (Phi) is 10.5. The summed E-state index contributed by atoms with van der Waals surface area (Å²) in [4.78, 5) is 0. The molecule has 33 heavy (non-hydrogen) atoms. The molecule has 0 spiro atoms. The van der Waals surface area contributed by atoms with Crippen molar-refractivity contribution in [1.82, 2.24) is 0 Å². The number of ether oxygens (including phenoxy) is 3. The van der Waals surface area contributed by atoms with E-state index >= 15 is 0 Å². The third-order valence-electron chi connectivity index (χ3n) is 5.33. The van der Waals surface area contributed by atoms with Gasteiger partial charge in [-0.2, -0.15) is 0 Å². The Morgan fingerprint density at radius 3 is 1.64 bits per heavy atom. The van der Waals surface area contributed by atoms with Crippen molar-refractivity contribution in [1.29, 1.82) is 0 Å². The highest BCUT2D eigenvalue weighted by Crippen LogP contribution is 2.41. The Balaban J connectivity index is 1.93. The van der Waals surface area contributed by atoms with Gasteiger partial charge < -0.3 is 19.3 Å². The molecule has 0 aliphatic heterocycles. The second-order valence-electron chi connectivity index (χ2n) is 7.43. The molecule has 3 aromatic rings. The van der Waals surface area contributed by atoms with Crippen LogP contribution in [0.5, 0.6) is 11.5 Å². The zero-order valence-electron chi connectivity index (χ0n) is 19.2. The molecule has 1 N–H and O–H groups in total. The first-order chi connectivity index (χ1) is 16.2. The van der Waals surface area contributed by atoms with Crippen LogP contribution in [-0.4, -0.2) is 44.0 Å². The standard InChI is InChI=1S/C27H32O4S2/c1-29-25-14-10-23(11-15-25)27(22-8-4-3-5-9-22,24-12-16-26(30-2)17-13-24)31-19-7-21-33-32-20-6-18-28/h3-5,8-17,28H,6-7,18-21H2,1-2H3. The maximum atomic E-state index is 8.93. The fourth-order valence-electron chi connectivity index (χ4n) is 3.66. The lowest BCUT2D eigenvalue weighted by Crippen LogP contribution is -2.33. The molecule has 0 aromatic heterocycles. The predicted octanol–water partition coefficient (Wildman–Crippen LogP) is 6.17. The van der Waals surface area contributed by atoms with E-state index in [1.807, 2.05) is 53.3 Å². The SMILES string of the molecule is COc1ccc(C(OCCCSSCCCO)(c2ccccc2)c2ccc(OC)cc2)cc1. The summed E-state index contributed by atoms with van der Waals surface area (Å²) in [5, 5.41) is 8.93. The first kappa shape index (κ1) is 25.5. The van der Waals surface area contributed by atoms with Crippen molar-refractivity contribution in [3.05, 3.63) is 95.6 Å². The maximum Gasteiger partial charge on any atom is 0.143 e. The van der Waals surface area contributed by atoms with Crippen molar-refractivity contribution in [3.63, 3.8) is 0 Å². The maximum absolute atomic E-state index is 8.93. The minimum Gasteiger partial charge on any atom is -0.497 e. The van der Waals surface area contributed by atoms with Gasteiger partial charge in [0.2, 0.25) is 0 Å². The average molecular weight is 485 g/mol. The van der Waals surface area contributed by atoms with Gasteiger partial charge in [-0.3, -0.25) is 0 Å². The van der Waals surface area contributed by atoms with E-state index in [4.69, 9.17) is 19.3 Å². The van der Waals surface area contributed by atoms with Gasteiger partial charge in [-0.25, -0.2) is 0 Å². The summed E-state index contributed by atoms with van der Waals surface area (Å²) in [6.07, 6.45) is 1.76. The van der Waals surface area contributed by atoms with Crippen molar-refractivity contribution < 1.29 is 19.3 Å². The monoisotopic (exact) mass is 484 g/mol. The summed E-state index contributed by atoms with van der Waals surface area (Å²) in [6.45, 7) is 0.862. The van der Waals surface area contributed by atoms with E-state index in [0.717, 1.165) is 52.5 Å². The lowest BCUT2D eigenvalue weighted by molar-refractivity contribution is 0.0137. The normalized spacial score (nSPS) is 11.4. The largest absolute Gasteiger partial charge is 0.497 e. The molecule has 0 atom stereocenters. The molecule has 0 bridgehead atoms. The number of rotatable bonds is 14. The summed E-state index contributed by atoms with van der Waals surface area (Å²) in [7, 11) is 6.99. The van der Waals surface area contributed by atoms with Crippen LogP contribution in [0.3, 0.4) is 0 Å². The minimum absolute atomic E-state index is 0.250. The molecular formula is C27H32O4S2. The number of hydrogen-bond acceptors (Lipinski definition) is 6. The molecule has 3 rings (SSSR count). The van der Waals surface area contributed by atoms with E-state index in [1.54, 1.807) is 25.0 Å². The summed E-state index contributed by atoms with van der Waals surface area (Å²) in [5.41, 5.74) is 2.41. The van der Waals surface area contributed by atoms with Gasteiger partial charge >= 0.3 is 0 Å². The lowest BCUT2D eigenvalue weighted by atomic mass is 9.80. The topological polar surface area (TPSA) is 47.9 Å². The van der Waals surface area contributed by atoms with Crippen LogP contribution < -0.4 is 9.47 Å². The quantitative estimate of drug-likeness (QED) is 0.168. The molecule has 0 amide bonds. The molecule has 0 aliphatic rings. The van der Waals surface area contributed by atoms with Crippen LogP contribution >= 0.6 is 21.6 Å². The van der Waals surface area contributed by atoms with Crippen LogP contribution in [-0.2, 0) is 10.3 Å². The van der Waals surface area contributed by atoms with Crippen molar-refractivity contribution >= 4 is 21.6 Å². The molecule has 4 nitrogen and oxygen atoms in total. The van der Waals surface area contributed by atoms with Crippen LogP contribution in [0.1, 0.15) is 29.5 Å². The van der Waals surface area contributed by atoms with Crippen LogP contribution in [0.2, 0.25) is 0 Å². The Bertz CT molecular complexity index is 883. The van der Waals surface area contributed by atoms with Crippen LogP contribution in [0.25, 0.3) is 0 Å². The van der Waals surface area contributed by atoms with Crippen LogP contribution in [0.4, 0.5) is 0 Å². The Labute approximate surface area is 205 Å². The summed E-state index contributed by atoms with van der Waals surface area (Å²) in [6, 6.07) is 26.6. The number of aliphatic hydroxyl groups excluding tert-OH is 1. The van der Waals surface area contributed by atoms with Gasteiger partial charge in [0.1, 0.15) is 17.1 Å². The zero-order valence-corrected chi connectivity index (χ0v) is 20.9. The van der Waals surface area contributed by atoms with Gasteiger partial charge in [0.25, 0.3) is 0 Å². The van der Waals surface area contributed by atoms with Crippen molar-refractivity contribution in [2.24, 2.45) is 0 Å². The van der Waals surface area contributed by atoms with E-state index in [9.17, 15) is 0 Å². The summed E-state index contributed by atoms with van der Waals surface area (Å²) < 4.78 is 17.6. The molecule has 176 valence electrons. The van der Waals surface area contributed by atoms with E-state index in [-0.39, 0.29) is 6.61 Å². The molecule has 0 aliphatic carbocycles. The molecule has 0 radical (unpaired) electrons.